The zero-order valence-electron chi connectivity index (χ0n) is 13.1. The fourth-order valence-corrected chi connectivity index (χ4v) is 3.79. The lowest BCUT2D eigenvalue weighted by Gasteiger charge is -2.14. The zero-order chi connectivity index (χ0) is 17.3. The Morgan fingerprint density at radius 3 is 2.71 bits per heavy atom. The normalized spacial score (nSPS) is 11.4. The number of nitrogens with two attached hydrogens (primary N) is 1. The molecule has 0 saturated carbocycles. The van der Waals surface area contributed by atoms with Crippen LogP contribution in [-0.2, 0) is 10.0 Å². The maximum absolute atomic E-state index is 12.7. The smallest absolute Gasteiger partial charge is 0.268 e. The van der Waals surface area contributed by atoms with Gasteiger partial charge in [-0.3, -0.25) is 0 Å². The van der Waals surface area contributed by atoms with Crippen molar-refractivity contribution in [2.45, 2.75) is 11.8 Å². The van der Waals surface area contributed by atoms with Crippen LogP contribution in [0.3, 0.4) is 0 Å². The van der Waals surface area contributed by atoms with Crippen LogP contribution in [-0.4, -0.2) is 25.5 Å². The molecule has 0 fully saturated rings. The molecule has 8 heteroatoms. The first-order valence-corrected chi connectivity index (χ1v) is 8.58. The Kier molecular flexibility index (Phi) is 3.98. The molecule has 2 aromatic carbocycles. The number of aromatic nitrogens is 2. The van der Waals surface area contributed by atoms with Gasteiger partial charge in [0.25, 0.3) is 10.0 Å². The number of aryl methyl sites for hydroxylation is 1. The summed E-state index contributed by atoms with van der Waals surface area (Å²) in [5, 5.41) is 0.821. The summed E-state index contributed by atoms with van der Waals surface area (Å²) in [7, 11) is -2.54. The molecule has 0 aliphatic rings. The van der Waals surface area contributed by atoms with E-state index in [1.165, 1.54) is 13.2 Å². The molecule has 0 atom stereocenters. The maximum atomic E-state index is 12.7. The minimum absolute atomic E-state index is 0.00743. The van der Waals surface area contributed by atoms with Crippen molar-refractivity contribution < 1.29 is 13.2 Å². The molecule has 3 N–H and O–H groups in total. The van der Waals surface area contributed by atoms with Gasteiger partial charge in [0.15, 0.2) is 0 Å². The summed E-state index contributed by atoms with van der Waals surface area (Å²) in [6.07, 6.45) is 1.56. The van der Waals surface area contributed by atoms with Crippen LogP contribution in [0.5, 0.6) is 5.75 Å². The predicted octanol–water partition coefficient (Wildman–Crippen LogP) is 2.33. The first kappa shape index (κ1) is 16.0. The van der Waals surface area contributed by atoms with E-state index in [9.17, 15) is 8.42 Å². The van der Waals surface area contributed by atoms with E-state index in [2.05, 4.69) is 14.7 Å². The number of benzene rings is 2. The second-order valence-electron chi connectivity index (χ2n) is 5.23. The van der Waals surface area contributed by atoms with Crippen LogP contribution in [0.4, 0.5) is 11.6 Å². The third-order valence-electron chi connectivity index (χ3n) is 3.47. The van der Waals surface area contributed by atoms with E-state index in [1.54, 1.807) is 25.3 Å². The highest BCUT2D eigenvalue weighted by molar-refractivity contribution is 7.92. The second-order valence-corrected chi connectivity index (χ2v) is 6.85. The first-order valence-electron chi connectivity index (χ1n) is 7.09. The topological polar surface area (TPSA) is 107 Å². The number of fused-ring (bicyclic) bond motifs is 1. The van der Waals surface area contributed by atoms with Gasteiger partial charge in [-0.25, -0.2) is 23.1 Å². The molecule has 124 valence electrons. The summed E-state index contributed by atoms with van der Waals surface area (Å²) in [6.45, 7) is 1.65. The van der Waals surface area contributed by atoms with E-state index in [1.807, 2.05) is 18.2 Å². The number of hydrogen-bond donors (Lipinski definition) is 2. The number of sulfonamides is 1. The van der Waals surface area contributed by atoms with E-state index < -0.39 is 10.0 Å². The van der Waals surface area contributed by atoms with Crippen LogP contribution >= 0.6 is 0 Å². The number of nitrogens with one attached hydrogen (secondary N) is 1. The second kappa shape index (κ2) is 5.97. The van der Waals surface area contributed by atoms with Crippen molar-refractivity contribution in [3.05, 3.63) is 48.2 Å². The Labute approximate surface area is 139 Å². The summed E-state index contributed by atoms with van der Waals surface area (Å²) in [4.78, 5) is 8.29. The van der Waals surface area contributed by atoms with E-state index >= 15 is 0 Å². The summed E-state index contributed by atoms with van der Waals surface area (Å²) in [5.74, 6) is 0.160. The van der Waals surface area contributed by atoms with Crippen LogP contribution in [0, 0.1) is 6.92 Å². The Hall–Kier alpha value is -2.87. The first-order chi connectivity index (χ1) is 11.4. The molecule has 24 heavy (non-hydrogen) atoms. The molecule has 0 radical (unpaired) electrons. The quantitative estimate of drug-likeness (QED) is 0.703. The monoisotopic (exact) mass is 344 g/mol. The summed E-state index contributed by atoms with van der Waals surface area (Å²) in [5.41, 5.74) is 7.28. The fraction of sp³-hybridized carbons (Fsp3) is 0.125. The molecule has 1 aromatic heterocycles. The summed E-state index contributed by atoms with van der Waals surface area (Å²) in [6, 6.07) is 10.3. The average Bonchev–Trinajstić information content (AvgIpc) is 2.53. The molecule has 7 nitrogen and oxygen atoms in total. The third-order valence-corrected chi connectivity index (χ3v) is 4.98. The van der Waals surface area contributed by atoms with Crippen molar-refractivity contribution >= 4 is 32.6 Å². The number of anilines is 2. The van der Waals surface area contributed by atoms with E-state index in [4.69, 9.17) is 10.5 Å². The van der Waals surface area contributed by atoms with Crippen LogP contribution in [0.1, 0.15) is 5.56 Å². The molecule has 0 bridgehead atoms. The Morgan fingerprint density at radius 2 is 1.96 bits per heavy atom. The Bertz CT molecular complexity index is 1020. The molecule has 0 amide bonds. The number of para-hydroxylation sites is 1. The summed E-state index contributed by atoms with van der Waals surface area (Å²) >= 11 is 0. The SMILES string of the molecule is COc1cc(N)cc(C)c1S(=O)(=O)Nc1ncc2ccccc2n1. The third kappa shape index (κ3) is 2.95. The number of nitrogens with zero attached hydrogens (tertiary/aromatic N) is 2. The van der Waals surface area contributed by atoms with Gasteiger partial charge in [0, 0.05) is 23.3 Å². The highest BCUT2D eigenvalue weighted by Gasteiger charge is 2.24. The average molecular weight is 344 g/mol. The largest absolute Gasteiger partial charge is 0.495 e. The number of ether oxygens (including phenoxy) is 1. The van der Waals surface area contributed by atoms with Gasteiger partial charge in [-0.2, -0.15) is 0 Å². The van der Waals surface area contributed by atoms with Gasteiger partial charge in [-0.15, -0.1) is 0 Å². The van der Waals surface area contributed by atoms with Crippen molar-refractivity contribution in [3.63, 3.8) is 0 Å². The fourth-order valence-electron chi connectivity index (χ4n) is 2.46. The predicted molar refractivity (Wildman–Crippen MR) is 92.5 cm³/mol. The molecule has 0 aliphatic carbocycles. The van der Waals surface area contributed by atoms with Crippen LogP contribution < -0.4 is 15.2 Å². The van der Waals surface area contributed by atoms with Crippen LogP contribution in [0.25, 0.3) is 10.9 Å². The van der Waals surface area contributed by atoms with Crippen LogP contribution in [0.15, 0.2) is 47.5 Å². The lowest BCUT2D eigenvalue weighted by atomic mass is 10.2. The summed E-state index contributed by atoms with van der Waals surface area (Å²) < 4.78 is 33.0. The molecule has 3 aromatic rings. The standard InChI is InChI=1S/C16H16N4O3S/c1-10-7-12(17)8-14(23-2)15(10)24(21,22)20-16-18-9-11-5-3-4-6-13(11)19-16/h3-9H,17H2,1-2H3,(H,18,19,20). The molecule has 0 spiro atoms. The highest BCUT2D eigenvalue weighted by atomic mass is 32.2. The van der Waals surface area contributed by atoms with Crippen molar-refractivity contribution in [2.75, 3.05) is 17.6 Å². The molecule has 3 rings (SSSR count). The number of rotatable bonds is 4. The van der Waals surface area contributed by atoms with Gasteiger partial charge in [-0.05, 0) is 24.6 Å². The molecule has 0 aliphatic heterocycles. The number of hydrogen-bond acceptors (Lipinski definition) is 6. The van der Waals surface area contributed by atoms with Crippen molar-refractivity contribution in [3.8, 4) is 5.75 Å². The molecular weight excluding hydrogens is 328 g/mol. The van der Waals surface area contributed by atoms with Gasteiger partial charge in [-0.1, -0.05) is 18.2 Å². The van der Waals surface area contributed by atoms with Gasteiger partial charge in [0.1, 0.15) is 10.6 Å². The Balaban J connectivity index is 2.05. The molecular formula is C16H16N4O3S. The van der Waals surface area contributed by atoms with Crippen molar-refractivity contribution in [1.82, 2.24) is 9.97 Å². The van der Waals surface area contributed by atoms with E-state index in [-0.39, 0.29) is 16.6 Å². The minimum Gasteiger partial charge on any atom is -0.495 e. The van der Waals surface area contributed by atoms with Gasteiger partial charge in [0.2, 0.25) is 5.95 Å². The van der Waals surface area contributed by atoms with E-state index in [0.29, 0.717) is 16.8 Å². The zero-order valence-corrected chi connectivity index (χ0v) is 14.0. The minimum atomic E-state index is -3.93. The lowest BCUT2D eigenvalue weighted by molar-refractivity contribution is 0.402. The van der Waals surface area contributed by atoms with Crippen LogP contribution in [0.2, 0.25) is 0 Å². The van der Waals surface area contributed by atoms with Gasteiger partial charge in [0.05, 0.1) is 12.6 Å². The lowest BCUT2D eigenvalue weighted by Crippen LogP contribution is -2.17. The number of methoxy groups -OCH3 is 1. The molecule has 0 saturated heterocycles. The van der Waals surface area contributed by atoms with Crippen molar-refractivity contribution in [1.29, 1.82) is 0 Å². The maximum Gasteiger partial charge on any atom is 0.268 e. The molecule has 0 unspecified atom stereocenters. The van der Waals surface area contributed by atoms with Gasteiger partial charge < -0.3 is 10.5 Å². The Morgan fingerprint density at radius 1 is 1.21 bits per heavy atom. The molecule has 1 heterocycles. The van der Waals surface area contributed by atoms with Crippen molar-refractivity contribution in [2.24, 2.45) is 0 Å². The highest BCUT2D eigenvalue weighted by Crippen LogP contribution is 2.31. The van der Waals surface area contributed by atoms with E-state index in [0.717, 1.165) is 5.39 Å². The van der Waals surface area contributed by atoms with Gasteiger partial charge >= 0.3 is 0 Å². The number of nitrogen functional groups attached to an aromatic ring is 1.